The van der Waals surface area contributed by atoms with Crippen LogP contribution >= 0.6 is 0 Å². The summed E-state index contributed by atoms with van der Waals surface area (Å²) in [7, 11) is 0. The van der Waals surface area contributed by atoms with Crippen LogP contribution in [0.4, 0.5) is 0 Å². The van der Waals surface area contributed by atoms with Gasteiger partial charge in [0.15, 0.2) is 0 Å². The SMILES string of the molecule is CC(C)(C)c1cc2c(cc1-c1ccccc1)[CH]([Zr+2]([C]1=CC=CC1)=[Si](c1ccccc1)c1ccccc1)c1cc(-c3ccccc3)c(C(C)(C)C)cc1-2.[Cl-].[Cl-]. The predicted octanol–water partition coefficient (Wildman–Crippen LogP) is 5.96. The third-order valence-electron chi connectivity index (χ3n) is 10.9. The van der Waals surface area contributed by atoms with E-state index in [0.717, 1.165) is 6.42 Å². The first-order valence-corrected chi connectivity index (χ1v) is 26.6. The molecule has 0 amide bonds. The maximum Gasteiger partial charge on any atom is -1.00 e. The first-order valence-electron chi connectivity index (χ1n) is 18.8. The average Bonchev–Trinajstić information content (AvgIpc) is 3.80. The topological polar surface area (TPSA) is 0 Å². The molecular weight excluding hydrogens is 791 g/mol. The van der Waals surface area contributed by atoms with Crippen LogP contribution in [0.25, 0.3) is 33.4 Å². The summed E-state index contributed by atoms with van der Waals surface area (Å²) in [5.74, 6) is 0. The van der Waals surface area contributed by atoms with E-state index in [1.165, 1.54) is 44.5 Å². The molecule has 0 fully saturated rings. The Bertz CT molecular complexity index is 2220. The zero-order valence-corrected chi connectivity index (χ0v) is 37.1. The van der Waals surface area contributed by atoms with E-state index in [1.807, 2.05) is 0 Å². The van der Waals surface area contributed by atoms with Crippen molar-refractivity contribution in [3.05, 3.63) is 189 Å². The Kier molecular flexibility index (Phi) is 12.1. The van der Waals surface area contributed by atoms with Gasteiger partial charge in [0.05, 0.1) is 0 Å². The van der Waals surface area contributed by atoms with E-state index in [1.54, 1.807) is 24.8 Å². The van der Waals surface area contributed by atoms with E-state index < -0.39 is 25.8 Å². The van der Waals surface area contributed by atoms with Gasteiger partial charge in [-0.05, 0) is 0 Å². The van der Waals surface area contributed by atoms with Gasteiger partial charge in [0.2, 0.25) is 0 Å². The molecule has 54 heavy (non-hydrogen) atoms. The van der Waals surface area contributed by atoms with Gasteiger partial charge >= 0.3 is 321 Å². The molecular formula is C50H48Cl2SiZr. The summed E-state index contributed by atoms with van der Waals surface area (Å²) in [6.45, 7) is 14.3. The second kappa shape index (κ2) is 16.3. The Labute approximate surface area is 343 Å². The Hall–Kier alpha value is -3.52. The molecule has 8 rings (SSSR count). The fourth-order valence-electron chi connectivity index (χ4n) is 8.43. The molecule has 0 saturated carbocycles. The number of allylic oxidation sites excluding steroid dienone is 4. The molecule has 0 saturated heterocycles. The van der Waals surface area contributed by atoms with Crippen LogP contribution in [0.15, 0.2) is 167 Å². The van der Waals surface area contributed by atoms with E-state index in [9.17, 15) is 0 Å². The summed E-state index contributed by atoms with van der Waals surface area (Å²) in [6, 6.07) is 56.1. The molecule has 0 radical (unpaired) electrons. The molecule has 0 N–H and O–H groups in total. The van der Waals surface area contributed by atoms with Crippen molar-refractivity contribution in [2.45, 2.75) is 62.4 Å². The van der Waals surface area contributed by atoms with Gasteiger partial charge in [0.25, 0.3) is 0 Å². The van der Waals surface area contributed by atoms with Crippen molar-refractivity contribution in [1.82, 2.24) is 0 Å². The van der Waals surface area contributed by atoms with Crippen molar-refractivity contribution >= 4 is 15.8 Å². The normalized spacial score (nSPS) is 13.2. The van der Waals surface area contributed by atoms with Crippen molar-refractivity contribution < 1.29 is 45.2 Å². The zero-order valence-electron chi connectivity index (χ0n) is 32.1. The second-order valence-corrected chi connectivity index (χ2v) is 30.3. The maximum absolute atomic E-state index is 2.71. The standard InChI is InChI=1S/C33H33.C12H10Si.C5H5.2ClH.Zr/c1-32(2,3)30-20-26-24(18-28(30)22-13-9-7-10-14-22)17-25-19-29(23-15-11-8-12-16-23)31(21-27(25)26)33(4,5)6;1-3-7-11(8-4-1)13-12-9-5-2-6-10-12;1-2-4-5-3-1;;;/h7-21H,1-6H3;1-10H;1-3H,4H2;2*1H;/q;;;;;+2/p-2. The van der Waals surface area contributed by atoms with Crippen molar-refractivity contribution in [3.63, 3.8) is 0 Å². The van der Waals surface area contributed by atoms with Crippen LogP contribution in [0.5, 0.6) is 0 Å². The molecule has 6 aromatic rings. The summed E-state index contributed by atoms with van der Waals surface area (Å²) < 4.78 is 2.14. The van der Waals surface area contributed by atoms with Crippen LogP contribution in [0.1, 0.15) is 73.8 Å². The summed E-state index contributed by atoms with van der Waals surface area (Å²) in [4.78, 5) is 0. The minimum absolute atomic E-state index is 0. The molecule has 0 aromatic heterocycles. The van der Waals surface area contributed by atoms with Gasteiger partial charge in [-0.1, -0.05) is 0 Å². The molecule has 4 heteroatoms. The summed E-state index contributed by atoms with van der Waals surface area (Å²) in [5, 5.41) is 3.11. The van der Waals surface area contributed by atoms with Gasteiger partial charge in [-0.25, -0.2) is 0 Å². The molecule has 0 unspecified atom stereocenters. The van der Waals surface area contributed by atoms with Crippen molar-refractivity contribution in [1.29, 1.82) is 0 Å². The van der Waals surface area contributed by atoms with Gasteiger partial charge in [-0.15, -0.1) is 0 Å². The van der Waals surface area contributed by atoms with Gasteiger partial charge in [-0.3, -0.25) is 0 Å². The number of hydrogen-bond acceptors (Lipinski definition) is 0. The van der Waals surface area contributed by atoms with Crippen LogP contribution in [-0.4, -0.2) is 5.43 Å². The summed E-state index contributed by atoms with van der Waals surface area (Å²) >= 11 is -2.71. The fourth-order valence-corrected chi connectivity index (χ4v) is 30.7. The van der Waals surface area contributed by atoms with Crippen molar-refractivity contribution in [3.8, 4) is 33.4 Å². The molecule has 2 aliphatic carbocycles. The van der Waals surface area contributed by atoms with E-state index in [2.05, 4.69) is 205 Å². The van der Waals surface area contributed by atoms with Crippen LogP contribution in [0.2, 0.25) is 0 Å². The molecule has 2 aliphatic rings. The average molecular weight is 839 g/mol. The predicted molar refractivity (Wildman–Crippen MR) is 222 cm³/mol. The summed E-state index contributed by atoms with van der Waals surface area (Å²) in [5.41, 5.74) is 13.1. The first kappa shape index (κ1) is 40.2. The molecule has 0 atom stereocenters. The van der Waals surface area contributed by atoms with Crippen LogP contribution in [-0.2, 0) is 31.2 Å². The number of rotatable bonds is 6. The molecule has 0 nitrogen and oxygen atoms in total. The molecule has 0 aliphatic heterocycles. The molecule has 0 bridgehead atoms. The fraction of sp³-hybridized carbons (Fsp3) is 0.200. The van der Waals surface area contributed by atoms with Crippen LogP contribution < -0.4 is 35.2 Å². The number of fused-ring (bicyclic) bond motifs is 3. The Morgan fingerprint density at radius 3 is 1.24 bits per heavy atom. The molecule has 0 spiro atoms. The van der Waals surface area contributed by atoms with Crippen molar-refractivity contribution in [2.24, 2.45) is 0 Å². The molecule has 0 heterocycles. The molecule has 6 aromatic carbocycles. The minimum atomic E-state index is -2.71. The Balaban J connectivity index is 0.00000249. The van der Waals surface area contributed by atoms with Crippen LogP contribution in [0, 0.1) is 0 Å². The monoisotopic (exact) mass is 836 g/mol. The van der Waals surface area contributed by atoms with Gasteiger partial charge in [0.1, 0.15) is 0 Å². The summed E-state index contributed by atoms with van der Waals surface area (Å²) in [6.07, 6.45) is 8.38. The smallest absolute Gasteiger partial charge is 1.00 e. The third kappa shape index (κ3) is 7.66. The van der Waals surface area contributed by atoms with Gasteiger partial charge in [-0.2, -0.15) is 0 Å². The largest absolute Gasteiger partial charge is 1.00 e. The maximum atomic E-state index is 2.66. The Morgan fingerprint density at radius 1 is 0.500 bits per heavy atom. The Morgan fingerprint density at radius 2 is 0.889 bits per heavy atom. The first-order chi connectivity index (χ1) is 25.1. The third-order valence-corrected chi connectivity index (χ3v) is 30.6. The van der Waals surface area contributed by atoms with Crippen molar-refractivity contribution in [2.75, 3.05) is 0 Å². The quantitative estimate of drug-likeness (QED) is 0.182. The van der Waals surface area contributed by atoms with E-state index >= 15 is 0 Å². The van der Waals surface area contributed by atoms with E-state index in [4.69, 9.17) is 0 Å². The number of hydrogen-bond donors (Lipinski definition) is 0. The molecule has 270 valence electrons. The number of halogens is 2. The zero-order chi connectivity index (χ0) is 36.0. The van der Waals surface area contributed by atoms with Crippen LogP contribution in [0.3, 0.4) is 0 Å². The minimum Gasteiger partial charge on any atom is -1.00 e. The van der Waals surface area contributed by atoms with Gasteiger partial charge in [0, 0.05) is 0 Å². The number of benzene rings is 6. The van der Waals surface area contributed by atoms with Gasteiger partial charge < -0.3 is 24.8 Å². The van der Waals surface area contributed by atoms with E-state index in [-0.39, 0.29) is 35.6 Å². The van der Waals surface area contributed by atoms with E-state index in [0.29, 0.717) is 3.63 Å². The second-order valence-electron chi connectivity index (χ2n) is 16.5.